The number of aryl methyl sites for hydroxylation is 2. The number of benzene rings is 2. The highest BCUT2D eigenvalue weighted by Gasteiger charge is 2.61. The zero-order valence-corrected chi connectivity index (χ0v) is 19.2. The topological polar surface area (TPSA) is 118 Å². The molecule has 0 aromatic heterocycles. The van der Waals surface area contributed by atoms with Gasteiger partial charge in [-0.15, -0.1) is 0 Å². The number of allylic oxidation sites excluding steroid dienone is 2. The van der Waals surface area contributed by atoms with E-state index < -0.39 is 46.8 Å². The van der Waals surface area contributed by atoms with Crippen molar-refractivity contribution in [1.29, 1.82) is 0 Å². The maximum absolute atomic E-state index is 13.5. The minimum Gasteiger partial charge on any atom is -0.292 e. The van der Waals surface area contributed by atoms with Crippen molar-refractivity contribution in [3.8, 4) is 0 Å². The van der Waals surface area contributed by atoms with Gasteiger partial charge in [-0.25, -0.2) is 5.01 Å². The molecule has 9 heteroatoms. The van der Waals surface area contributed by atoms with Gasteiger partial charge in [0.15, 0.2) is 5.78 Å². The first-order valence-corrected chi connectivity index (χ1v) is 11.4. The molecular formula is C26H23N3O6. The molecule has 2 aromatic carbocycles. The summed E-state index contributed by atoms with van der Waals surface area (Å²) in [5.74, 6) is -3.35. The molecule has 35 heavy (non-hydrogen) atoms. The van der Waals surface area contributed by atoms with Crippen LogP contribution >= 0.6 is 0 Å². The van der Waals surface area contributed by atoms with Crippen LogP contribution in [0.3, 0.4) is 0 Å². The molecule has 0 spiro atoms. The minimum atomic E-state index is -0.751. The van der Waals surface area contributed by atoms with Gasteiger partial charge in [0.2, 0.25) is 0 Å². The zero-order valence-electron chi connectivity index (χ0n) is 19.2. The normalized spacial score (nSPS) is 24.1. The molecule has 2 fully saturated rings. The summed E-state index contributed by atoms with van der Waals surface area (Å²) in [5.41, 5.74) is 2.08. The molecular weight excluding hydrogens is 450 g/mol. The van der Waals surface area contributed by atoms with Crippen LogP contribution in [0.4, 0.5) is 5.69 Å². The average Bonchev–Trinajstić information content (AvgIpc) is 3.52. The van der Waals surface area contributed by atoms with E-state index in [2.05, 4.69) is 0 Å². The molecule has 5 rings (SSSR count). The maximum Gasteiger partial charge on any atom is 0.273 e. The van der Waals surface area contributed by atoms with Gasteiger partial charge in [-0.05, 0) is 61.4 Å². The summed E-state index contributed by atoms with van der Waals surface area (Å²) in [6, 6.07) is 10.00. The van der Waals surface area contributed by atoms with Crippen molar-refractivity contribution in [2.45, 2.75) is 20.3 Å². The highest BCUT2D eigenvalue weighted by molar-refractivity contribution is 6.10. The summed E-state index contributed by atoms with van der Waals surface area (Å²) >= 11 is 0. The van der Waals surface area contributed by atoms with E-state index >= 15 is 0 Å². The third-order valence-electron chi connectivity index (χ3n) is 7.37. The average molecular weight is 473 g/mol. The fourth-order valence-electron chi connectivity index (χ4n) is 5.37. The van der Waals surface area contributed by atoms with Gasteiger partial charge < -0.3 is 0 Å². The Morgan fingerprint density at radius 2 is 1.51 bits per heavy atom. The number of hydrogen-bond acceptors (Lipinski definition) is 6. The Labute approximate surface area is 201 Å². The Kier molecular flexibility index (Phi) is 5.35. The van der Waals surface area contributed by atoms with Gasteiger partial charge in [0, 0.05) is 23.3 Å². The number of Topliss-reactive ketones (excluding diaryl/α,β-unsaturated/α-hetero) is 1. The van der Waals surface area contributed by atoms with E-state index in [4.69, 9.17) is 0 Å². The van der Waals surface area contributed by atoms with E-state index in [1.807, 2.05) is 26.0 Å². The standard InChI is InChI=1S/C26H23N3O6/c1-14-3-4-17(11-15(14)2)21(30)13-27(24(31)16-7-9-20(10-8-16)29(34)35)28-25(32)22-18-5-6-19(12-18)23(22)26(28)33/h3-11,18-19,22-23H,12-13H2,1-2H3/t18-,19-,22-,23-/m0/s1. The summed E-state index contributed by atoms with van der Waals surface area (Å²) in [6.07, 6.45) is 4.63. The number of non-ortho nitro benzene ring substituents is 1. The Morgan fingerprint density at radius 3 is 2.06 bits per heavy atom. The molecule has 3 amide bonds. The van der Waals surface area contributed by atoms with Gasteiger partial charge in [-0.1, -0.05) is 24.3 Å². The van der Waals surface area contributed by atoms with Crippen LogP contribution in [0, 0.1) is 47.6 Å². The van der Waals surface area contributed by atoms with Gasteiger partial charge in [-0.3, -0.25) is 29.3 Å². The van der Waals surface area contributed by atoms with E-state index in [0.717, 1.165) is 27.6 Å². The van der Waals surface area contributed by atoms with Crippen LogP contribution in [0.2, 0.25) is 0 Å². The number of carbonyl (C=O) groups excluding carboxylic acids is 4. The number of nitro benzene ring substituents is 1. The number of imide groups is 1. The second kappa shape index (κ2) is 8.26. The highest BCUT2D eigenvalue weighted by Crippen LogP contribution is 2.52. The number of fused-ring (bicyclic) bond motifs is 5. The molecule has 1 aliphatic heterocycles. The molecule has 3 aliphatic rings. The van der Waals surface area contributed by atoms with Crippen LogP contribution < -0.4 is 0 Å². The number of hydrazine groups is 1. The van der Waals surface area contributed by atoms with Crippen molar-refractivity contribution in [1.82, 2.24) is 10.0 Å². The van der Waals surface area contributed by atoms with Gasteiger partial charge in [-0.2, -0.15) is 5.01 Å². The third-order valence-corrected chi connectivity index (χ3v) is 7.37. The quantitative estimate of drug-likeness (QED) is 0.209. The number of ketones is 1. The van der Waals surface area contributed by atoms with E-state index in [1.54, 1.807) is 18.2 Å². The van der Waals surface area contributed by atoms with Gasteiger partial charge in [0.05, 0.1) is 16.8 Å². The maximum atomic E-state index is 13.5. The molecule has 2 aliphatic carbocycles. The number of amides is 3. The lowest BCUT2D eigenvalue weighted by Crippen LogP contribution is -2.52. The lowest BCUT2D eigenvalue weighted by molar-refractivity contribution is -0.384. The zero-order chi connectivity index (χ0) is 25.0. The number of carbonyl (C=O) groups is 4. The van der Waals surface area contributed by atoms with E-state index in [1.165, 1.54) is 24.3 Å². The lowest BCUT2D eigenvalue weighted by Gasteiger charge is -2.30. The van der Waals surface area contributed by atoms with Crippen LogP contribution in [0.5, 0.6) is 0 Å². The first kappa shape index (κ1) is 22.6. The van der Waals surface area contributed by atoms with Crippen LogP contribution in [0.25, 0.3) is 0 Å². The van der Waals surface area contributed by atoms with Crippen molar-refractivity contribution >= 4 is 29.2 Å². The molecule has 9 nitrogen and oxygen atoms in total. The summed E-state index contributed by atoms with van der Waals surface area (Å²) in [5, 5.41) is 12.7. The fraction of sp³-hybridized carbons (Fsp3) is 0.308. The molecule has 0 radical (unpaired) electrons. The van der Waals surface area contributed by atoms with Crippen LogP contribution in [-0.2, 0) is 9.59 Å². The number of hydrogen-bond donors (Lipinski definition) is 0. The monoisotopic (exact) mass is 473 g/mol. The molecule has 1 heterocycles. The summed E-state index contributed by atoms with van der Waals surface area (Å²) in [4.78, 5) is 64.0. The lowest BCUT2D eigenvalue weighted by atomic mass is 9.85. The minimum absolute atomic E-state index is 0.0299. The second-order valence-corrected chi connectivity index (χ2v) is 9.38. The van der Waals surface area contributed by atoms with E-state index in [0.29, 0.717) is 5.56 Å². The molecule has 0 N–H and O–H groups in total. The molecule has 0 unspecified atom stereocenters. The summed E-state index contributed by atoms with van der Waals surface area (Å²) < 4.78 is 0. The van der Waals surface area contributed by atoms with Crippen LogP contribution in [-0.4, -0.2) is 45.0 Å². The van der Waals surface area contributed by atoms with Crippen molar-refractivity contribution in [2.75, 3.05) is 6.54 Å². The SMILES string of the molecule is Cc1ccc(C(=O)CN(C(=O)c2ccc([N+](=O)[O-])cc2)N2C(=O)[C@@H]3[C@@H](C2=O)[C@H]2C=C[C@H]3C2)cc1C. The van der Waals surface area contributed by atoms with Crippen LogP contribution in [0.15, 0.2) is 54.6 Å². The van der Waals surface area contributed by atoms with E-state index in [9.17, 15) is 29.3 Å². The molecule has 4 atom stereocenters. The third kappa shape index (κ3) is 3.63. The van der Waals surface area contributed by atoms with Crippen LogP contribution in [0.1, 0.15) is 38.3 Å². The predicted molar refractivity (Wildman–Crippen MR) is 124 cm³/mol. The van der Waals surface area contributed by atoms with Gasteiger partial charge in [0.1, 0.15) is 6.54 Å². The molecule has 1 saturated carbocycles. The number of rotatable bonds is 6. The summed E-state index contributed by atoms with van der Waals surface area (Å²) in [6.45, 7) is 3.26. The highest BCUT2D eigenvalue weighted by atomic mass is 16.6. The Morgan fingerprint density at radius 1 is 0.943 bits per heavy atom. The summed E-state index contributed by atoms with van der Waals surface area (Å²) in [7, 11) is 0. The van der Waals surface area contributed by atoms with E-state index in [-0.39, 0.29) is 23.1 Å². The smallest absolute Gasteiger partial charge is 0.273 e. The van der Waals surface area contributed by atoms with Crippen molar-refractivity contribution in [3.05, 3.63) is 87.0 Å². The fourth-order valence-corrected chi connectivity index (χ4v) is 5.37. The first-order chi connectivity index (χ1) is 16.7. The first-order valence-electron chi connectivity index (χ1n) is 11.4. The predicted octanol–water partition coefficient (Wildman–Crippen LogP) is 3.26. The Bertz CT molecular complexity index is 1280. The van der Waals surface area contributed by atoms with Gasteiger partial charge >= 0.3 is 0 Å². The van der Waals surface area contributed by atoms with Gasteiger partial charge in [0.25, 0.3) is 23.4 Å². The molecule has 2 aromatic rings. The molecule has 1 saturated heterocycles. The van der Waals surface area contributed by atoms with Crippen molar-refractivity contribution < 1.29 is 24.1 Å². The molecule has 178 valence electrons. The Hall–Kier alpha value is -4.14. The number of nitro groups is 1. The molecule has 2 bridgehead atoms. The van der Waals surface area contributed by atoms with Crippen molar-refractivity contribution in [2.24, 2.45) is 23.7 Å². The van der Waals surface area contributed by atoms with Crippen molar-refractivity contribution in [3.63, 3.8) is 0 Å². The second-order valence-electron chi connectivity index (χ2n) is 9.38. The Balaban J connectivity index is 1.50. The number of nitrogens with zero attached hydrogens (tertiary/aromatic N) is 3. The largest absolute Gasteiger partial charge is 0.292 e.